The monoisotopic (exact) mass is 524 g/mol. The Bertz CT molecular complexity index is 1650. The van der Waals surface area contributed by atoms with Crippen LogP contribution in [0.15, 0.2) is 60.7 Å². The predicted molar refractivity (Wildman–Crippen MR) is 146 cm³/mol. The second-order valence-electron chi connectivity index (χ2n) is 11.1. The zero-order chi connectivity index (χ0) is 27.5. The fourth-order valence-corrected chi connectivity index (χ4v) is 5.26. The van der Waals surface area contributed by atoms with Gasteiger partial charge in [0.05, 0.1) is 30.7 Å². The van der Waals surface area contributed by atoms with Crippen molar-refractivity contribution in [2.75, 3.05) is 18.4 Å². The Hall–Kier alpha value is -4.73. The first-order chi connectivity index (χ1) is 18.5. The molecule has 2 aliphatic heterocycles. The molecule has 4 aromatic rings. The molecule has 10 nitrogen and oxygen atoms in total. The van der Waals surface area contributed by atoms with Crippen LogP contribution in [0.4, 0.5) is 10.6 Å². The minimum absolute atomic E-state index is 0.109. The third-order valence-corrected chi connectivity index (χ3v) is 6.99. The van der Waals surface area contributed by atoms with Gasteiger partial charge in [0.15, 0.2) is 0 Å². The molecule has 1 fully saturated rings. The number of rotatable bonds is 3. The van der Waals surface area contributed by atoms with Gasteiger partial charge in [0.1, 0.15) is 28.2 Å². The summed E-state index contributed by atoms with van der Waals surface area (Å²) < 4.78 is 7.13. The van der Waals surface area contributed by atoms with Crippen LogP contribution in [0.25, 0.3) is 33.4 Å². The molecule has 10 heteroatoms. The largest absolute Gasteiger partial charge is 0.444 e. The molecule has 6 rings (SSSR count). The van der Waals surface area contributed by atoms with E-state index in [2.05, 4.69) is 5.32 Å². The first-order valence-corrected chi connectivity index (χ1v) is 12.7. The topological polar surface area (TPSA) is 132 Å². The third-order valence-electron chi connectivity index (χ3n) is 6.99. The van der Waals surface area contributed by atoms with Crippen LogP contribution in [0.1, 0.15) is 37.6 Å². The van der Waals surface area contributed by atoms with Crippen molar-refractivity contribution < 1.29 is 19.1 Å². The van der Waals surface area contributed by atoms with E-state index in [1.54, 1.807) is 25.5 Å². The Labute approximate surface area is 224 Å². The van der Waals surface area contributed by atoms with Crippen LogP contribution >= 0.6 is 0 Å². The highest BCUT2D eigenvalue weighted by Gasteiger charge is 2.54. The summed E-state index contributed by atoms with van der Waals surface area (Å²) >= 11 is 0. The van der Waals surface area contributed by atoms with Gasteiger partial charge in [-0.3, -0.25) is 9.59 Å². The number of fused-ring (bicyclic) bond motifs is 3. The lowest BCUT2D eigenvalue weighted by atomic mass is 9.85. The molecule has 2 aromatic heterocycles. The second kappa shape index (κ2) is 8.65. The predicted octanol–water partition coefficient (Wildman–Crippen LogP) is 4.15. The van der Waals surface area contributed by atoms with Crippen LogP contribution in [0.3, 0.4) is 0 Å². The summed E-state index contributed by atoms with van der Waals surface area (Å²) in [6.45, 7) is 5.84. The minimum atomic E-state index is -0.799. The highest BCUT2D eigenvalue weighted by Crippen LogP contribution is 2.43. The quantitative estimate of drug-likeness (QED) is 0.414. The van der Waals surface area contributed by atoms with Gasteiger partial charge < -0.3 is 20.7 Å². The van der Waals surface area contributed by atoms with Gasteiger partial charge in [-0.15, -0.1) is 0 Å². The Kier molecular flexibility index (Phi) is 5.46. The van der Waals surface area contributed by atoms with Crippen molar-refractivity contribution in [3.63, 3.8) is 0 Å². The van der Waals surface area contributed by atoms with E-state index >= 15 is 0 Å². The summed E-state index contributed by atoms with van der Waals surface area (Å²) in [4.78, 5) is 44.4. The van der Waals surface area contributed by atoms with Crippen molar-refractivity contribution in [1.82, 2.24) is 19.7 Å². The van der Waals surface area contributed by atoms with E-state index in [4.69, 9.17) is 20.6 Å². The highest BCUT2D eigenvalue weighted by atomic mass is 16.6. The molecule has 0 atom stereocenters. The van der Waals surface area contributed by atoms with Crippen molar-refractivity contribution >= 4 is 34.6 Å². The smallest absolute Gasteiger partial charge is 0.410 e. The van der Waals surface area contributed by atoms with Gasteiger partial charge in [0, 0.05) is 16.5 Å². The molecule has 39 heavy (non-hydrogen) atoms. The van der Waals surface area contributed by atoms with Crippen molar-refractivity contribution in [1.29, 1.82) is 0 Å². The summed E-state index contributed by atoms with van der Waals surface area (Å²) in [7, 11) is 0. The fraction of sp³-hybridized carbons (Fsp3) is 0.276. The van der Waals surface area contributed by atoms with Gasteiger partial charge in [0.2, 0.25) is 5.91 Å². The minimum Gasteiger partial charge on any atom is -0.444 e. The summed E-state index contributed by atoms with van der Waals surface area (Å²) in [6.07, 6.45) is -0.351. The van der Waals surface area contributed by atoms with Gasteiger partial charge in [-0.05, 0) is 32.9 Å². The van der Waals surface area contributed by atoms with Crippen molar-refractivity contribution in [3.8, 4) is 22.5 Å². The number of carbonyl (C=O) groups excluding carboxylic acids is 3. The average molecular weight is 525 g/mol. The zero-order valence-electron chi connectivity index (χ0n) is 21.9. The van der Waals surface area contributed by atoms with Gasteiger partial charge in [0.25, 0.3) is 5.91 Å². The van der Waals surface area contributed by atoms with Crippen molar-refractivity contribution in [2.45, 2.75) is 38.3 Å². The van der Waals surface area contributed by atoms with E-state index in [-0.39, 0.29) is 36.8 Å². The number of amides is 3. The molecular weight excluding hydrogens is 496 g/mol. The standard InChI is InChI=1S/C29H28N6O4/c1-28(2,3)39-27(38)34-15-29(16-34)14-22(36)32-26-23(25(30)37)24(33-35(26)29)19-10-9-18-11-12-20(31-21(18)13-19)17-7-5-4-6-8-17/h4-13H,14-16H2,1-3H3,(H2,30,37)(H,32,36). The number of ether oxygens (including phenoxy) is 1. The van der Waals surface area contributed by atoms with Gasteiger partial charge in [-0.1, -0.05) is 48.5 Å². The molecule has 0 saturated carbocycles. The number of anilines is 1. The molecule has 2 aromatic carbocycles. The fourth-order valence-electron chi connectivity index (χ4n) is 5.26. The first kappa shape index (κ1) is 24.6. The Balaban J connectivity index is 1.41. The van der Waals surface area contributed by atoms with Crippen LogP contribution in [-0.2, 0) is 15.1 Å². The van der Waals surface area contributed by atoms with E-state index in [9.17, 15) is 14.4 Å². The second-order valence-corrected chi connectivity index (χ2v) is 11.1. The molecule has 3 amide bonds. The molecule has 0 bridgehead atoms. The number of likely N-dealkylation sites (tertiary alicyclic amines) is 1. The number of nitrogens with two attached hydrogens (primary N) is 1. The molecule has 0 unspecified atom stereocenters. The number of hydrogen-bond donors (Lipinski definition) is 2. The SMILES string of the molecule is CC(C)(C)OC(=O)N1CC2(CC(=O)Nc3c(C(N)=O)c(-c4ccc5ccc(-c6ccccc6)nc5c4)nn32)C1. The molecule has 4 heterocycles. The summed E-state index contributed by atoms with van der Waals surface area (Å²) in [6, 6.07) is 19.5. The van der Waals surface area contributed by atoms with E-state index in [1.165, 1.54) is 4.90 Å². The maximum absolute atomic E-state index is 12.8. The van der Waals surface area contributed by atoms with Crippen LogP contribution in [0.5, 0.6) is 0 Å². The molecule has 1 spiro atoms. The number of aromatic nitrogens is 3. The van der Waals surface area contributed by atoms with Crippen LogP contribution < -0.4 is 11.1 Å². The molecular formula is C29H28N6O4. The van der Waals surface area contributed by atoms with Crippen molar-refractivity contribution in [3.05, 3.63) is 66.2 Å². The van der Waals surface area contributed by atoms with Crippen LogP contribution in [0.2, 0.25) is 0 Å². The number of nitrogens with zero attached hydrogens (tertiary/aromatic N) is 4. The Morgan fingerprint density at radius 2 is 1.74 bits per heavy atom. The summed E-state index contributed by atoms with van der Waals surface area (Å²) in [5, 5.41) is 8.52. The van der Waals surface area contributed by atoms with E-state index in [0.717, 1.165) is 22.2 Å². The Morgan fingerprint density at radius 3 is 2.44 bits per heavy atom. The number of nitrogens with one attached hydrogen (secondary N) is 1. The molecule has 1 saturated heterocycles. The number of pyridine rings is 1. The number of primary amides is 1. The zero-order valence-corrected chi connectivity index (χ0v) is 21.9. The van der Waals surface area contributed by atoms with E-state index < -0.39 is 23.1 Å². The van der Waals surface area contributed by atoms with Gasteiger partial charge in [-0.2, -0.15) is 5.10 Å². The lowest BCUT2D eigenvalue weighted by molar-refractivity contribution is -0.123. The first-order valence-electron chi connectivity index (χ1n) is 12.7. The van der Waals surface area contributed by atoms with E-state index in [1.807, 2.05) is 60.7 Å². The van der Waals surface area contributed by atoms with Gasteiger partial charge in [-0.25, -0.2) is 14.5 Å². The summed E-state index contributed by atoms with van der Waals surface area (Å²) in [5.41, 5.74) is 8.04. The molecule has 198 valence electrons. The number of benzene rings is 2. The maximum atomic E-state index is 12.8. The lowest BCUT2D eigenvalue weighted by Gasteiger charge is -2.51. The normalized spacial score (nSPS) is 16.0. The van der Waals surface area contributed by atoms with Crippen LogP contribution in [0, 0.1) is 0 Å². The molecule has 0 radical (unpaired) electrons. The van der Waals surface area contributed by atoms with E-state index in [0.29, 0.717) is 11.3 Å². The Morgan fingerprint density at radius 1 is 1.03 bits per heavy atom. The molecule has 0 aliphatic carbocycles. The maximum Gasteiger partial charge on any atom is 0.410 e. The molecule has 2 aliphatic rings. The average Bonchev–Trinajstić information content (AvgIpc) is 3.25. The highest BCUT2D eigenvalue weighted by molar-refractivity contribution is 6.08. The number of hydrogen-bond acceptors (Lipinski definition) is 6. The third kappa shape index (κ3) is 4.27. The molecule has 3 N–H and O–H groups in total. The van der Waals surface area contributed by atoms with Gasteiger partial charge >= 0.3 is 6.09 Å². The van der Waals surface area contributed by atoms with Crippen LogP contribution in [-0.4, -0.2) is 56.3 Å². The lowest BCUT2D eigenvalue weighted by Crippen LogP contribution is -2.67. The summed E-state index contributed by atoms with van der Waals surface area (Å²) in [5.74, 6) is -0.741. The van der Waals surface area contributed by atoms with Crippen molar-refractivity contribution in [2.24, 2.45) is 5.73 Å². The number of carbonyl (C=O) groups is 3.